The second-order valence-corrected chi connectivity index (χ2v) is 6.19. The molecule has 1 N–H and O–H groups in total. The minimum absolute atomic E-state index is 0.0597. The van der Waals surface area contributed by atoms with Crippen LogP contribution in [0, 0.1) is 12.8 Å². The van der Waals surface area contributed by atoms with Crippen LogP contribution >= 0.6 is 0 Å². The third kappa shape index (κ3) is 3.22. The van der Waals surface area contributed by atoms with Gasteiger partial charge in [-0.25, -0.2) is 0 Å². The maximum absolute atomic E-state index is 12.6. The van der Waals surface area contributed by atoms with E-state index in [1.54, 1.807) is 0 Å². The normalized spacial score (nSPS) is 16.4. The molecule has 2 nitrogen and oxygen atoms in total. The van der Waals surface area contributed by atoms with E-state index >= 15 is 0 Å². The summed E-state index contributed by atoms with van der Waals surface area (Å²) in [7, 11) is 0. The van der Waals surface area contributed by atoms with Crippen LogP contribution in [0.3, 0.4) is 0 Å². The molecule has 114 valence electrons. The number of amides is 1. The van der Waals surface area contributed by atoms with Gasteiger partial charge in [0.15, 0.2) is 0 Å². The second kappa shape index (κ2) is 6.78. The first kappa shape index (κ1) is 14.8. The Balaban J connectivity index is 1.90. The average molecular weight is 293 g/mol. The van der Waals surface area contributed by atoms with Crippen molar-refractivity contribution >= 4 is 5.91 Å². The van der Waals surface area contributed by atoms with Crippen molar-refractivity contribution in [3.63, 3.8) is 0 Å². The first-order valence-corrected chi connectivity index (χ1v) is 8.16. The highest BCUT2D eigenvalue weighted by Gasteiger charge is 2.26. The Kier molecular flexibility index (Phi) is 4.57. The predicted octanol–water partition coefficient (Wildman–Crippen LogP) is 4.39. The first-order valence-electron chi connectivity index (χ1n) is 8.16. The number of benzene rings is 2. The molecule has 1 fully saturated rings. The number of carbonyl (C=O) groups excluding carboxylic acids is 1. The van der Waals surface area contributed by atoms with Gasteiger partial charge >= 0.3 is 0 Å². The Bertz CT molecular complexity index is 629. The Morgan fingerprint density at radius 2 is 1.64 bits per heavy atom. The van der Waals surface area contributed by atoms with Gasteiger partial charge in [0.2, 0.25) is 5.91 Å². The van der Waals surface area contributed by atoms with E-state index in [-0.39, 0.29) is 17.9 Å². The van der Waals surface area contributed by atoms with Gasteiger partial charge in [-0.05, 0) is 36.5 Å². The van der Waals surface area contributed by atoms with Crippen LogP contribution < -0.4 is 5.32 Å². The summed E-state index contributed by atoms with van der Waals surface area (Å²) in [4.78, 5) is 12.6. The summed E-state index contributed by atoms with van der Waals surface area (Å²) in [5.74, 6) is 0.393. The van der Waals surface area contributed by atoms with E-state index < -0.39 is 0 Å². The molecule has 0 radical (unpaired) electrons. The highest BCUT2D eigenvalue weighted by Crippen LogP contribution is 2.29. The maximum Gasteiger partial charge on any atom is 0.223 e. The lowest BCUT2D eigenvalue weighted by Crippen LogP contribution is -2.34. The molecule has 1 aliphatic rings. The Morgan fingerprint density at radius 1 is 1.00 bits per heavy atom. The van der Waals surface area contributed by atoms with E-state index in [1.807, 2.05) is 30.3 Å². The molecule has 1 aliphatic carbocycles. The molecule has 2 aromatic carbocycles. The van der Waals surface area contributed by atoms with Crippen molar-refractivity contribution < 1.29 is 4.79 Å². The van der Waals surface area contributed by atoms with Crippen molar-refractivity contribution in [2.75, 3.05) is 0 Å². The van der Waals surface area contributed by atoms with E-state index in [1.165, 1.54) is 24.0 Å². The van der Waals surface area contributed by atoms with Gasteiger partial charge in [0, 0.05) is 5.92 Å². The zero-order chi connectivity index (χ0) is 15.4. The third-order valence-corrected chi connectivity index (χ3v) is 4.64. The topological polar surface area (TPSA) is 29.1 Å². The Morgan fingerprint density at radius 3 is 2.32 bits per heavy atom. The molecular formula is C20H23NO. The lowest BCUT2D eigenvalue weighted by atomic mass is 9.94. The van der Waals surface area contributed by atoms with Gasteiger partial charge in [0.25, 0.3) is 0 Å². The second-order valence-electron chi connectivity index (χ2n) is 6.19. The van der Waals surface area contributed by atoms with E-state index in [9.17, 15) is 4.79 Å². The van der Waals surface area contributed by atoms with E-state index in [0.29, 0.717) is 0 Å². The zero-order valence-electron chi connectivity index (χ0n) is 13.1. The fourth-order valence-electron chi connectivity index (χ4n) is 3.34. The summed E-state index contributed by atoms with van der Waals surface area (Å²) in [6.45, 7) is 2.10. The standard InChI is InChI=1S/C20H23NO/c1-15-9-5-8-14-18(15)19(16-10-3-2-4-11-16)21-20(22)17-12-6-7-13-17/h2-5,8-11,14,17,19H,6-7,12-13H2,1H3,(H,21,22). The summed E-state index contributed by atoms with van der Waals surface area (Å²) >= 11 is 0. The monoisotopic (exact) mass is 293 g/mol. The molecule has 2 aromatic rings. The highest BCUT2D eigenvalue weighted by molar-refractivity contribution is 5.80. The molecule has 0 aromatic heterocycles. The molecule has 0 bridgehead atoms. The summed E-state index contributed by atoms with van der Waals surface area (Å²) in [5, 5.41) is 3.29. The molecule has 1 saturated carbocycles. The molecule has 0 heterocycles. The Hall–Kier alpha value is -2.09. The van der Waals surface area contributed by atoms with Crippen molar-refractivity contribution in [2.24, 2.45) is 5.92 Å². The molecule has 3 rings (SSSR count). The molecule has 1 atom stereocenters. The lowest BCUT2D eigenvalue weighted by molar-refractivity contribution is -0.125. The van der Waals surface area contributed by atoms with Crippen LogP contribution in [-0.2, 0) is 4.79 Å². The smallest absolute Gasteiger partial charge is 0.223 e. The zero-order valence-corrected chi connectivity index (χ0v) is 13.1. The summed E-state index contributed by atoms with van der Waals surface area (Å²) < 4.78 is 0. The first-order chi connectivity index (χ1) is 10.8. The molecule has 1 unspecified atom stereocenters. The van der Waals surface area contributed by atoms with Crippen LogP contribution in [-0.4, -0.2) is 5.91 Å². The van der Waals surface area contributed by atoms with E-state index in [0.717, 1.165) is 18.4 Å². The Labute approximate surface area is 132 Å². The number of hydrogen-bond donors (Lipinski definition) is 1. The van der Waals surface area contributed by atoms with Crippen LogP contribution in [0.1, 0.15) is 48.4 Å². The SMILES string of the molecule is Cc1ccccc1C(NC(=O)C1CCCC1)c1ccccc1. The molecule has 2 heteroatoms. The van der Waals surface area contributed by atoms with Gasteiger partial charge in [-0.3, -0.25) is 4.79 Å². The van der Waals surface area contributed by atoms with Crippen molar-refractivity contribution in [1.29, 1.82) is 0 Å². The van der Waals surface area contributed by atoms with Gasteiger partial charge in [-0.1, -0.05) is 67.4 Å². The van der Waals surface area contributed by atoms with Crippen LogP contribution in [0.15, 0.2) is 54.6 Å². The van der Waals surface area contributed by atoms with Crippen molar-refractivity contribution in [2.45, 2.75) is 38.6 Å². The number of carbonyl (C=O) groups is 1. The summed E-state index contributed by atoms with van der Waals surface area (Å²) in [5.41, 5.74) is 3.53. The predicted molar refractivity (Wildman–Crippen MR) is 89.6 cm³/mol. The van der Waals surface area contributed by atoms with Gasteiger partial charge in [-0.2, -0.15) is 0 Å². The van der Waals surface area contributed by atoms with Gasteiger partial charge in [0.05, 0.1) is 6.04 Å². The number of aryl methyl sites for hydroxylation is 1. The third-order valence-electron chi connectivity index (χ3n) is 4.64. The van der Waals surface area contributed by atoms with Gasteiger partial charge < -0.3 is 5.32 Å². The van der Waals surface area contributed by atoms with Gasteiger partial charge in [-0.15, -0.1) is 0 Å². The fourth-order valence-corrected chi connectivity index (χ4v) is 3.34. The maximum atomic E-state index is 12.6. The molecule has 0 aliphatic heterocycles. The number of rotatable bonds is 4. The lowest BCUT2D eigenvalue weighted by Gasteiger charge is -2.23. The minimum atomic E-state index is -0.0597. The van der Waals surface area contributed by atoms with Crippen molar-refractivity contribution in [3.8, 4) is 0 Å². The number of hydrogen-bond acceptors (Lipinski definition) is 1. The van der Waals surface area contributed by atoms with Crippen LogP contribution in [0.4, 0.5) is 0 Å². The average Bonchev–Trinajstić information content (AvgIpc) is 3.09. The minimum Gasteiger partial charge on any atom is -0.345 e. The quantitative estimate of drug-likeness (QED) is 0.890. The fraction of sp³-hybridized carbons (Fsp3) is 0.350. The highest BCUT2D eigenvalue weighted by atomic mass is 16.1. The molecule has 0 spiro atoms. The summed E-state index contributed by atoms with van der Waals surface area (Å²) in [6, 6.07) is 18.5. The molecular weight excluding hydrogens is 270 g/mol. The van der Waals surface area contributed by atoms with Crippen molar-refractivity contribution in [3.05, 3.63) is 71.3 Å². The van der Waals surface area contributed by atoms with E-state index in [4.69, 9.17) is 0 Å². The van der Waals surface area contributed by atoms with Crippen molar-refractivity contribution in [1.82, 2.24) is 5.32 Å². The molecule has 0 saturated heterocycles. The van der Waals surface area contributed by atoms with Crippen LogP contribution in [0.5, 0.6) is 0 Å². The molecule has 1 amide bonds. The largest absolute Gasteiger partial charge is 0.345 e. The van der Waals surface area contributed by atoms with Crippen LogP contribution in [0.2, 0.25) is 0 Å². The number of nitrogens with one attached hydrogen (secondary N) is 1. The summed E-state index contributed by atoms with van der Waals surface area (Å²) in [6.07, 6.45) is 4.42. The van der Waals surface area contributed by atoms with Gasteiger partial charge in [0.1, 0.15) is 0 Å². The van der Waals surface area contributed by atoms with Crippen LogP contribution in [0.25, 0.3) is 0 Å². The van der Waals surface area contributed by atoms with E-state index in [2.05, 4.69) is 36.5 Å². The molecule has 22 heavy (non-hydrogen) atoms.